The summed E-state index contributed by atoms with van der Waals surface area (Å²) in [6, 6.07) is 0. The van der Waals surface area contributed by atoms with Gasteiger partial charge in [-0.3, -0.25) is 13.9 Å². The predicted molar refractivity (Wildman–Crippen MR) is 97.7 cm³/mol. The fourth-order valence-corrected chi connectivity index (χ4v) is 5.13. The van der Waals surface area contributed by atoms with Gasteiger partial charge in [-0.1, -0.05) is 25.6 Å². The molecule has 0 N–H and O–H groups in total. The normalized spacial score (nSPS) is 13.9. The topological polar surface area (TPSA) is 82.9 Å². The van der Waals surface area contributed by atoms with E-state index in [0.29, 0.717) is 15.9 Å². The van der Waals surface area contributed by atoms with Gasteiger partial charge < -0.3 is 4.42 Å². The summed E-state index contributed by atoms with van der Waals surface area (Å²) in [4.78, 5) is 27.6. The maximum atomic E-state index is 13.0. The van der Waals surface area contributed by atoms with E-state index in [1.54, 1.807) is 23.0 Å². The smallest absolute Gasteiger partial charge is 0.332 e. The lowest BCUT2D eigenvalue weighted by molar-refractivity contribution is 0.398. The molecule has 0 fully saturated rings. The van der Waals surface area contributed by atoms with E-state index >= 15 is 0 Å². The second-order valence-corrected chi connectivity index (χ2v) is 9.01. The fraction of sp³-hybridized carbons (Fsp3) is 0.500. The molecule has 0 radical (unpaired) electrons. The quantitative estimate of drug-likeness (QED) is 0.647. The molecule has 1 aliphatic carbocycles. The van der Waals surface area contributed by atoms with E-state index in [2.05, 4.69) is 10.2 Å². The number of aromatic nitrogens is 4. The number of hydrogen-bond acceptors (Lipinski definition) is 7. The molecule has 3 aromatic rings. The molecular formula is C16H18N4O3S2. The summed E-state index contributed by atoms with van der Waals surface area (Å²) in [7, 11) is 1.71. The number of fused-ring (bicyclic) bond motifs is 3. The average molecular weight is 378 g/mol. The molecule has 0 saturated carbocycles. The maximum absolute atomic E-state index is 13.0. The monoisotopic (exact) mass is 378 g/mol. The highest BCUT2D eigenvalue weighted by molar-refractivity contribution is 7.99. The van der Waals surface area contributed by atoms with Crippen LogP contribution in [0.2, 0.25) is 0 Å². The lowest BCUT2D eigenvalue weighted by atomic mass is 10.2. The molecular weight excluding hydrogens is 360 g/mol. The molecule has 25 heavy (non-hydrogen) atoms. The molecule has 0 unspecified atom stereocenters. The third kappa shape index (κ3) is 2.75. The van der Waals surface area contributed by atoms with E-state index in [-0.39, 0.29) is 23.7 Å². The van der Waals surface area contributed by atoms with Gasteiger partial charge in [-0.15, -0.1) is 21.5 Å². The summed E-state index contributed by atoms with van der Waals surface area (Å²) in [6.45, 7) is 4.05. The Labute approximate surface area is 151 Å². The van der Waals surface area contributed by atoms with Crippen LogP contribution in [0.15, 0.2) is 19.2 Å². The second kappa shape index (κ2) is 6.14. The highest BCUT2D eigenvalue weighted by atomic mass is 32.2. The summed E-state index contributed by atoms with van der Waals surface area (Å²) in [6.07, 6.45) is 2.96. The fourth-order valence-electron chi connectivity index (χ4n) is 3.16. The Bertz CT molecular complexity index is 1070. The largest absolute Gasteiger partial charge is 0.414 e. The third-order valence-corrected chi connectivity index (χ3v) is 6.47. The van der Waals surface area contributed by atoms with Crippen molar-refractivity contribution in [3.05, 3.63) is 37.2 Å². The molecule has 0 atom stereocenters. The molecule has 1 aliphatic rings. The van der Waals surface area contributed by atoms with Crippen molar-refractivity contribution in [1.29, 1.82) is 0 Å². The van der Waals surface area contributed by atoms with Crippen LogP contribution in [0, 0.1) is 0 Å². The molecule has 0 aliphatic heterocycles. The number of aryl methyl sites for hydroxylation is 3. The van der Waals surface area contributed by atoms with Gasteiger partial charge in [-0.05, 0) is 24.8 Å². The van der Waals surface area contributed by atoms with Crippen LogP contribution in [0.3, 0.4) is 0 Å². The minimum Gasteiger partial charge on any atom is -0.414 e. The molecule has 7 nitrogen and oxygen atoms in total. The van der Waals surface area contributed by atoms with Crippen LogP contribution in [0.25, 0.3) is 10.2 Å². The van der Waals surface area contributed by atoms with Crippen molar-refractivity contribution >= 4 is 33.3 Å². The standard InChI is InChI=1S/C16H18N4O3S2/c1-8(2)24-15-18-17-11(23-15)7-20-13(21)12-9-5-4-6-10(9)25-14(12)19(3)16(20)22/h8H,4-7H2,1-3H3. The van der Waals surface area contributed by atoms with Gasteiger partial charge in [0.05, 0.1) is 5.39 Å². The van der Waals surface area contributed by atoms with Crippen molar-refractivity contribution in [2.24, 2.45) is 7.05 Å². The Morgan fingerprint density at radius 3 is 2.84 bits per heavy atom. The number of thiophene rings is 1. The highest BCUT2D eigenvalue weighted by Crippen LogP contribution is 2.34. The molecule has 4 rings (SSSR count). The molecule has 0 aromatic carbocycles. The van der Waals surface area contributed by atoms with Gasteiger partial charge >= 0.3 is 5.69 Å². The first-order chi connectivity index (χ1) is 12.0. The zero-order valence-electron chi connectivity index (χ0n) is 14.2. The minimum atomic E-state index is -0.353. The van der Waals surface area contributed by atoms with Crippen LogP contribution in [-0.4, -0.2) is 24.6 Å². The maximum Gasteiger partial charge on any atom is 0.332 e. The summed E-state index contributed by atoms with van der Waals surface area (Å²) in [5.41, 5.74) is 0.499. The van der Waals surface area contributed by atoms with Crippen molar-refractivity contribution in [3.63, 3.8) is 0 Å². The van der Waals surface area contributed by atoms with Gasteiger partial charge in [0.25, 0.3) is 10.8 Å². The van der Waals surface area contributed by atoms with Crippen LogP contribution >= 0.6 is 23.1 Å². The zero-order valence-corrected chi connectivity index (χ0v) is 15.9. The molecule has 0 spiro atoms. The molecule has 9 heteroatoms. The first kappa shape index (κ1) is 16.6. The van der Waals surface area contributed by atoms with Gasteiger partial charge in [-0.2, -0.15) is 0 Å². The van der Waals surface area contributed by atoms with E-state index < -0.39 is 0 Å². The Morgan fingerprint density at radius 1 is 1.28 bits per heavy atom. The van der Waals surface area contributed by atoms with Crippen molar-refractivity contribution in [1.82, 2.24) is 19.3 Å². The summed E-state index contributed by atoms with van der Waals surface area (Å²) < 4.78 is 8.32. The SMILES string of the molecule is CC(C)Sc1nnc(Cn2c(=O)c3c4c(sc3n(C)c2=O)CCC4)o1. The van der Waals surface area contributed by atoms with E-state index in [1.165, 1.54) is 21.2 Å². The van der Waals surface area contributed by atoms with Gasteiger partial charge in [0.15, 0.2) is 0 Å². The molecule has 132 valence electrons. The summed E-state index contributed by atoms with van der Waals surface area (Å²) >= 11 is 3.01. The van der Waals surface area contributed by atoms with Crippen LogP contribution in [-0.2, 0) is 26.4 Å². The molecule has 0 amide bonds. The molecule has 0 bridgehead atoms. The van der Waals surface area contributed by atoms with Crippen LogP contribution in [0.1, 0.15) is 36.6 Å². The molecule has 3 heterocycles. The summed E-state index contributed by atoms with van der Waals surface area (Å²) in [5.74, 6) is 0.272. The van der Waals surface area contributed by atoms with Gasteiger partial charge in [-0.25, -0.2) is 4.79 Å². The zero-order chi connectivity index (χ0) is 17.7. The molecule has 0 saturated heterocycles. The Hall–Kier alpha value is -1.87. The van der Waals surface area contributed by atoms with Crippen LogP contribution in [0.4, 0.5) is 0 Å². The number of nitrogens with zero attached hydrogens (tertiary/aromatic N) is 4. The van der Waals surface area contributed by atoms with Crippen molar-refractivity contribution < 1.29 is 4.42 Å². The van der Waals surface area contributed by atoms with Crippen molar-refractivity contribution in [3.8, 4) is 0 Å². The minimum absolute atomic E-state index is 0.00226. The lowest BCUT2D eigenvalue weighted by Gasteiger charge is -2.07. The van der Waals surface area contributed by atoms with E-state index in [9.17, 15) is 9.59 Å². The summed E-state index contributed by atoms with van der Waals surface area (Å²) in [5, 5.41) is 9.38. The number of rotatable bonds is 4. The van der Waals surface area contributed by atoms with E-state index in [0.717, 1.165) is 29.7 Å². The third-order valence-electron chi connectivity index (χ3n) is 4.26. The van der Waals surface area contributed by atoms with Crippen LogP contribution in [0.5, 0.6) is 0 Å². The van der Waals surface area contributed by atoms with Gasteiger partial charge in [0, 0.05) is 17.2 Å². The Kier molecular flexibility index (Phi) is 4.07. The number of thioether (sulfide) groups is 1. The van der Waals surface area contributed by atoms with Gasteiger partial charge in [0.2, 0.25) is 5.89 Å². The Balaban J connectivity index is 1.81. The molecule has 3 aromatic heterocycles. The highest BCUT2D eigenvalue weighted by Gasteiger charge is 2.24. The van der Waals surface area contributed by atoms with E-state index in [1.807, 2.05) is 13.8 Å². The lowest BCUT2D eigenvalue weighted by Crippen LogP contribution is -2.39. The number of hydrogen-bond donors (Lipinski definition) is 0. The van der Waals surface area contributed by atoms with Crippen LogP contribution < -0.4 is 11.2 Å². The first-order valence-corrected chi connectivity index (χ1v) is 9.88. The van der Waals surface area contributed by atoms with Crippen molar-refractivity contribution in [2.45, 2.75) is 50.1 Å². The second-order valence-electron chi connectivity index (χ2n) is 6.40. The van der Waals surface area contributed by atoms with Gasteiger partial charge in [0.1, 0.15) is 11.4 Å². The van der Waals surface area contributed by atoms with Crippen molar-refractivity contribution in [2.75, 3.05) is 0 Å². The first-order valence-electron chi connectivity index (χ1n) is 8.19. The predicted octanol–water partition coefficient (Wildman–Crippen LogP) is 2.18. The average Bonchev–Trinajstić information content (AvgIpc) is 3.24. The Morgan fingerprint density at radius 2 is 2.08 bits per heavy atom. The van der Waals surface area contributed by atoms with E-state index in [4.69, 9.17) is 4.42 Å².